The smallest absolute Gasteiger partial charge is 0.329 e. The Kier molecular flexibility index (Phi) is 5.72. The molecule has 0 saturated heterocycles. The number of hydrogen-bond donors (Lipinski definition) is 2. The van der Waals surface area contributed by atoms with Crippen molar-refractivity contribution in [1.29, 1.82) is 0 Å². The van der Waals surface area contributed by atoms with E-state index in [0.29, 0.717) is 5.69 Å². The number of carbonyl (C=O) groups is 2. The van der Waals surface area contributed by atoms with Gasteiger partial charge in [-0.15, -0.1) is 0 Å². The Morgan fingerprint density at radius 1 is 1.10 bits per heavy atom. The Morgan fingerprint density at radius 2 is 1.67 bits per heavy atom. The fourth-order valence-corrected chi connectivity index (χ4v) is 2.29. The number of esters is 1. The fourth-order valence-electron chi connectivity index (χ4n) is 2.29. The van der Waals surface area contributed by atoms with E-state index in [4.69, 9.17) is 20.3 Å². The van der Waals surface area contributed by atoms with Gasteiger partial charge in [-0.3, -0.25) is 4.79 Å². The molecule has 6 heteroatoms. The van der Waals surface area contributed by atoms with Gasteiger partial charge in [0.2, 0.25) is 0 Å². The minimum atomic E-state index is -1.03. The first-order chi connectivity index (χ1) is 9.79. The number of rotatable bonds is 6. The Hall–Kier alpha value is -2.08. The molecule has 1 aromatic carbocycles. The van der Waals surface area contributed by atoms with Crippen molar-refractivity contribution in [2.24, 2.45) is 0 Å². The second kappa shape index (κ2) is 7.08. The highest BCUT2D eigenvalue weighted by atomic mass is 16.5. The lowest BCUT2D eigenvalue weighted by Crippen LogP contribution is -2.14. The van der Waals surface area contributed by atoms with Crippen molar-refractivity contribution in [3.8, 4) is 0 Å². The van der Waals surface area contributed by atoms with Crippen molar-refractivity contribution in [2.75, 3.05) is 19.5 Å². The first-order valence-electron chi connectivity index (χ1n) is 6.52. The Balaban J connectivity index is 3.18. The molecule has 0 saturated carbocycles. The van der Waals surface area contributed by atoms with Gasteiger partial charge in [-0.05, 0) is 48.6 Å². The number of nitrogens with two attached hydrogens (primary N) is 1. The normalized spacial score (nSPS) is 10.5. The van der Waals surface area contributed by atoms with Gasteiger partial charge in [0.15, 0.2) is 0 Å². The first-order valence-corrected chi connectivity index (χ1v) is 6.52. The molecule has 0 spiro atoms. The van der Waals surface area contributed by atoms with Crippen molar-refractivity contribution in [1.82, 2.24) is 0 Å². The maximum atomic E-state index is 11.5. The predicted octanol–water partition coefficient (Wildman–Crippen LogP) is 1.51. The molecule has 0 aliphatic heterocycles. The molecule has 1 aromatic rings. The zero-order chi connectivity index (χ0) is 16.2. The van der Waals surface area contributed by atoms with Crippen LogP contribution in [0.4, 0.5) is 5.69 Å². The molecule has 0 aliphatic carbocycles. The number of nitrogen functional groups attached to an aromatic ring is 1. The van der Waals surface area contributed by atoms with Gasteiger partial charge < -0.3 is 20.3 Å². The summed E-state index contributed by atoms with van der Waals surface area (Å²) in [6.07, 6.45) is 0.130. The molecule has 1 rings (SSSR count). The van der Waals surface area contributed by atoms with Gasteiger partial charge in [-0.25, -0.2) is 4.79 Å². The molecule has 0 aromatic heterocycles. The third-order valence-electron chi connectivity index (χ3n) is 3.64. The Morgan fingerprint density at radius 3 is 2.19 bits per heavy atom. The van der Waals surface area contributed by atoms with Gasteiger partial charge in [0.25, 0.3) is 0 Å². The average Bonchev–Trinajstić information content (AvgIpc) is 2.44. The van der Waals surface area contributed by atoms with Crippen LogP contribution in [0.2, 0.25) is 0 Å². The minimum absolute atomic E-state index is 0.130. The van der Waals surface area contributed by atoms with Crippen LogP contribution in [0.1, 0.15) is 27.8 Å². The number of benzene rings is 1. The number of aliphatic carboxylic acids is 1. The number of ether oxygens (including phenoxy) is 2. The minimum Gasteiger partial charge on any atom is -0.480 e. The van der Waals surface area contributed by atoms with Gasteiger partial charge >= 0.3 is 11.9 Å². The third kappa shape index (κ3) is 3.95. The van der Waals surface area contributed by atoms with Crippen LogP contribution in [-0.4, -0.2) is 30.8 Å². The van der Waals surface area contributed by atoms with Gasteiger partial charge in [-0.2, -0.15) is 0 Å². The molecule has 116 valence electrons. The zero-order valence-corrected chi connectivity index (χ0v) is 12.8. The SMILES string of the molecule is COC(=O)Cc1c(C)c(N)c(C)c(COCC(=O)O)c1C. The lowest BCUT2D eigenvalue weighted by Gasteiger charge is -2.19. The number of carboxylic acids is 1. The van der Waals surface area contributed by atoms with Crippen LogP contribution in [0.3, 0.4) is 0 Å². The van der Waals surface area contributed by atoms with E-state index < -0.39 is 5.97 Å². The zero-order valence-electron chi connectivity index (χ0n) is 12.8. The molecule has 0 unspecified atom stereocenters. The van der Waals surface area contributed by atoms with Gasteiger partial charge in [0.1, 0.15) is 6.61 Å². The standard InChI is InChI=1S/C15H21NO5/c1-8-11(5-14(19)20-4)9(2)15(16)10(3)12(8)6-21-7-13(17)18/h5-7,16H2,1-4H3,(H,17,18). The highest BCUT2D eigenvalue weighted by Gasteiger charge is 2.18. The van der Waals surface area contributed by atoms with Gasteiger partial charge in [-0.1, -0.05) is 0 Å². The van der Waals surface area contributed by atoms with Crippen LogP contribution in [0.15, 0.2) is 0 Å². The third-order valence-corrected chi connectivity index (χ3v) is 3.64. The molecule has 0 bridgehead atoms. The summed E-state index contributed by atoms with van der Waals surface area (Å²) >= 11 is 0. The summed E-state index contributed by atoms with van der Waals surface area (Å²) in [6.45, 7) is 5.35. The number of anilines is 1. The van der Waals surface area contributed by atoms with Crippen LogP contribution < -0.4 is 5.73 Å². The first kappa shape index (κ1) is 17.0. The second-order valence-corrected chi connectivity index (χ2v) is 4.89. The summed E-state index contributed by atoms with van der Waals surface area (Å²) in [7, 11) is 1.33. The van der Waals surface area contributed by atoms with Crippen LogP contribution >= 0.6 is 0 Å². The predicted molar refractivity (Wildman–Crippen MR) is 78.1 cm³/mol. The summed E-state index contributed by atoms with van der Waals surface area (Å²) in [5.41, 5.74) is 10.9. The van der Waals surface area contributed by atoms with E-state index in [1.807, 2.05) is 20.8 Å². The summed E-state index contributed by atoms with van der Waals surface area (Å²) in [6, 6.07) is 0. The number of hydrogen-bond acceptors (Lipinski definition) is 5. The van der Waals surface area contributed by atoms with Crippen molar-refractivity contribution in [2.45, 2.75) is 33.8 Å². The lowest BCUT2D eigenvalue weighted by atomic mass is 9.90. The van der Waals surface area contributed by atoms with E-state index in [-0.39, 0.29) is 25.6 Å². The van der Waals surface area contributed by atoms with Crippen molar-refractivity contribution >= 4 is 17.6 Å². The van der Waals surface area contributed by atoms with Crippen LogP contribution in [-0.2, 0) is 32.1 Å². The highest BCUT2D eigenvalue weighted by Crippen LogP contribution is 2.30. The van der Waals surface area contributed by atoms with Gasteiger partial charge in [0.05, 0.1) is 20.1 Å². The molecule has 6 nitrogen and oxygen atoms in total. The van der Waals surface area contributed by atoms with Crippen LogP contribution in [0.25, 0.3) is 0 Å². The van der Waals surface area contributed by atoms with Crippen molar-refractivity contribution in [3.05, 3.63) is 27.8 Å². The number of methoxy groups -OCH3 is 1. The van der Waals surface area contributed by atoms with E-state index in [2.05, 4.69) is 0 Å². The van der Waals surface area contributed by atoms with E-state index >= 15 is 0 Å². The molecule has 0 atom stereocenters. The molecule has 0 radical (unpaired) electrons. The lowest BCUT2D eigenvalue weighted by molar-refractivity contribution is -0.142. The second-order valence-electron chi connectivity index (χ2n) is 4.89. The topological polar surface area (TPSA) is 98.9 Å². The average molecular weight is 295 g/mol. The molecule has 0 amide bonds. The highest BCUT2D eigenvalue weighted by molar-refractivity contribution is 5.76. The quantitative estimate of drug-likeness (QED) is 0.609. The van der Waals surface area contributed by atoms with E-state index in [1.165, 1.54) is 7.11 Å². The van der Waals surface area contributed by atoms with E-state index in [0.717, 1.165) is 27.8 Å². The Bertz CT molecular complexity index is 566. The summed E-state index contributed by atoms with van der Waals surface area (Å²) < 4.78 is 9.85. The van der Waals surface area contributed by atoms with Crippen LogP contribution in [0, 0.1) is 20.8 Å². The molecule has 0 heterocycles. The van der Waals surface area contributed by atoms with Crippen molar-refractivity contribution in [3.63, 3.8) is 0 Å². The summed E-state index contributed by atoms with van der Waals surface area (Å²) in [4.78, 5) is 22.0. The fraction of sp³-hybridized carbons (Fsp3) is 0.467. The molecule has 0 fully saturated rings. The molecule has 21 heavy (non-hydrogen) atoms. The Labute approximate surface area is 123 Å². The monoisotopic (exact) mass is 295 g/mol. The molecular weight excluding hydrogens is 274 g/mol. The molecule has 3 N–H and O–H groups in total. The van der Waals surface area contributed by atoms with E-state index in [1.54, 1.807) is 0 Å². The maximum absolute atomic E-state index is 11.5. The van der Waals surface area contributed by atoms with Crippen LogP contribution in [0.5, 0.6) is 0 Å². The largest absolute Gasteiger partial charge is 0.480 e. The van der Waals surface area contributed by atoms with Crippen molar-refractivity contribution < 1.29 is 24.2 Å². The van der Waals surface area contributed by atoms with Gasteiger partial charge in [0, 0.05) is 5.69 Å². The number of carboxylic acid groups (broad SMARTS) is 1. The summed E-state index contributed by atoms with van der Waals surface area (Å²) in [5.74, 6) is -1.37. The number of carbonyl (C=O) groups excluding carboxylic acids is 1. The molecular formula is C15H21NO5. The summed E-state index contributed by atoms with van der Waals surface area (Å²) in [5, 5.41) is 8.62. The molecule has 0 aliphatic rings. The van der Waals surface area contributed by atoms with E-state index in [9.17, 15) is 9.59 Å². The maximum Gasteiger partial charge on any atom is 0.329 e.